The predicted octanol–water partition coefficient (Wildman–Crippen LogP) is 4.91. The highest BCUT2D eigenvalue weighted by molar-refractivity contribution is 6.31. The number of Topliss-reactive ketones (excluding diaryl/α,β-unsaturated/α-hetero) is 1. The molecule has 2 nitrogen and oxygen atoms in total. The zero-order valence-corrected chi connectivity index (χ0v) is 12.9. The quantitative estimate of drug-likeness (QED) is 0.771. The molecule has 1 aliphatic carbocycles. The van der Waals surface area contributed by atoms with E-state index in [0.29, 0.717) is 5.56 Å². The summed E-state index contributed by atoms with van der Waals surface area (Å²) in [5.41, 5.74) is 0.0354. The Bertz CT molecular complexity index is 882. The van der Waals surface area contributed by atoms with Gasteiger partial charge in [-0.3, -0.25) is 9.59 Å². The number of alkyl halides is 3. The molecule has 0 fully saturated rings. The molecule has 0 amide bonds. The number of carbonyl (C=O) groups is 2. The minimum absolute atomic E-state index is 0.0703. The highest BCUT2D eigenvalue weighted by Gasteiger charge is 2.33. The van der Waals surface area contributed by atoms with Gasteiger partial charge in [0.1, 0.15) is 0 Å². The Morgan fingerprint density at radius 3 is 2.29 bits per heavy atom. The summed E-state index contributed by atoms with van der Waals surface area (Å²) < 4.78 is 38.8. The monoisotopic (exact) mass is 350 g/mol. The molecule has 0 radical (unpaired) electrons. The number of fused-ring (bicyclic) bond motifs is 1. The topological polar surface area (TPSA) is 34.1 Å². The molecule has 0 atom stereocenters. The minimum Gasteiger partial charge on any atom is -0.289 e. The molecule has 2 aromatic rings. The van der Waals surface area contributed by atoms with Gasteiger partial charge in [-0.2, -0.15) is 13.2 Å². The van der Waals surface area contributed by atoms with Crippen molar-refractivity contribution in [3.8, 4) is 0 Å². The van der Waals surface area contributed by atoms with Crippen LogP contribution in [0.2, 0.25) is 5.02 Å². The van der Waals surface area contributed by atoms with E-state index in [1.54, 1.807) is 18.2 Å². The maximum atomic E-state index is 12.9. The molecule has 0 heterocycles. The van der Waals surface area contributed by atoms with E-state index in [1.165, 1.54) is 18.2 Å². The van der Waals surface area contributed by atoms with Crippen LogP contribution in [0.5, 0.6) is 0 Å². The fourth-order valence-electron chi connectivity index (χ4n) is 2.62. The molecular weight excluding hydrogens is 341 g/mol. The molecule has 2 aromatic carbocycles. The molecule has 0 spiro atoms. The SMILES string of the molecule is O=C1C=C(Cc2ccc(Cl)c(C(F)(F)F)c2)C(=O)c2ccccc21. The average Bonchev–Trinajstić information content (AvgIpc) is 2.53. The summed E-state index contributed by atoms with van der Waals surface area (Å²) in [6, 6.07) is 9.83. The molecule has 0 aliphatic heterocycles. The average molecular weight is 351 g/mol. The Balaban J connectivity index is 1.96. The number of carbonyl (C=O) groups excluding carboxylic acids is 2. The third kappa shape index (κ3) is 2.99. The molecule has 6 heteroatoms. The van der Waals surface area contributed by atoms with Gasteiger partial charge in [-0.25, -0.2) is 0 Å². The first kappa shape index (κ1) is 16.5. The van der Waals surface area contributed by atoms with Gasteiger partial charge in [0.15, 0.2) is 11.6 Å². The summed E-state index contributed by atoms with van der Waals surface area (Å²) in [5.74, 6) is -0.682. The second-order valence-electron chi connectivity index (χ2n) is 5.40. The maximum Gasteiger partial charge on any atom is 0.417 e. The van der Waals surface area contributed by atoms with E-state index in [2.05, 4.69) is 0 Å². The summed E-state index contributed by atoms with van der Waals surface area (Å²) in [7, 11) is 0. The van der Waals surface area contributed by atoms with Crippen molar-refractivity contribution in [1.82, 2.24) is 0 Å². The molecule has 1 aliphatic rings. The van der Waals surface area contributed by atoms with Gasteiger partial charge in [0, 0.05) is 23.1 Å². The summed E-state index contributed by atoms with van der Waals surface area (Å²) in [6.07, 6.45) is -3.47. The van der Waals surface area contributed by atoms with Crippen molar-refractivity contribution in [2.24, 2.45) is 0 Å². The van der Waals surface area contributed by atoms with Gasteiger partial charge < -0.3 is 0 Å². The van der Waals surface area contributed by atoms with Gasteiger partial charge in [0.2, 0.25) is 0 Å². The Morgan fingerprint density at radius 2 is 1.62 bits per heavy atom. The van der Waals surface area contributed by atoms with Crippen molar-refractivity contribution in [2.75, 3.05) is 0 Å². The summed E-state index contributed by atoms with van der Waals surface area (Å²) >= 11 is 5.59. The van der Waals surface area contributed by atoms with E-state index in [1.807, 2.05) is 0 Å². The first-order valence-electron chi connectivity index (χ1n) is 7.01. The number of ketones is 2. The largest absolute Gasteiger partial charge is 0.417 e. The molecule has 0 aromatic heterocycles. The van der Waals surface area contributed by atoms with Crippen molar-refractivity contribution in [2.45, 2.75) is 12.6 Å². The number of allylic oxidation sites excluding steroid dienone is 2. The molecule has 122 valence electrons. The van der Waals surface area contributed by atoms with Gasteiger partial charge in [-0.1, -0.05) is 41.9 Å². The van der Waals surface area contributed by atoms with Crippen LogP contribution in [0.1, 0.15) is 31.8 Å². The Kier molecular flexibility index (Phi) is 4.05. The number of hydrogen-bond donors (Lipinski definition) is 0. The van der Waals surface area contributed by atoms with E-state index < -0.39 is 16.8 Å². The summed E-state index contributed by atoms with van der Waals surface area (Å²) in [5, 5.41) is -0.406. The van der Waals surface area contributed by atoms with Crippen LogP contribution < -0.4 is 0 Å². The third-order valence-electron chi connectivity index (χ3n) is 3.76. The fourth-order valence-corrected chi connectivity index (χ4v) is 2.85. The smallest absolute Gasteiger partial charge is 0.289 e. The normalized spacial score (nSPS) is 14.4. The van der Waals surface area contributed by atoms with E-state index >= 15 is 0 Å². The molecule has 0 saturated carbocycles. The van der Waals surface area contributed by atoms with Crippen molar-refractivity contribution in [1.29, 1.82) is 0 Å². The van der Waals surface area contributed by atoms with Crippen molar-refractivity contribution in [3.05, 3.63) is 81.4 Å². The number of rotatable bonds is 2. The molecule has 24 heavy (non-hydrogen) atoms. The zero-order chi connectivity index (χ0) is 17.5. The van der Waals surface area contributed by atoms with E-state index in [4.69, 9.17) is 11.6 Å². The van der Waals surface area contributed by atoms with Gasteiger partial charge >= 0.3 is 6.18 Å². The van der Waals surface area contributed by atoms with Crippen LogP contribution in [0.25, 0.3) is 0 Å². The van der Waals surface area contributed by atoms with Crippen LogP contribution >= 0.6 is 11.6 Å². The molecular formula is C18H10ClF3O2. The number of benzene rings is 2. The maximum absolute atomic E-state index is 12.9. The van der Waals surface area contributed by atoms with Crippen molar-refractivity contribution >= 4 is 23.2 Å². The highest BCUT2D eigenvalue weighted by Crippen LogP contribution is 2.35. The van der Waals surface area contributed by atoms with Gasteiger partial charge in [-0.15, -0.1) is 0 Å². The van der Waals surface area contributed by atoms with Crippen LogP contribution in [0, 0.1) is 0 Å². The molecule has 3 rings (SSSR count). The standard InChI is InChI=1S/C18H10ClF3O2/c19-15-6-5-10(8-14(15)18(20,21)22)7-11-9-16(23)12-3-1-2-4-13(12)17(11)24/h1-6,8-9H,7H2. The lowest BCUT2D eigenvalue weighted by atomic mass is 9.86. The third-order valence-corrected chi connectivity index (χ3v) is 4.09. The van der Waals surface area contributed by atoms with Crippen LogP contribution in [0.3, 0.4) is 0 Å². The number of halogens is 4. The zero-order valence-electron chi connectivity index (χ0n) is 12.2. The first-order chi connectivity index (χ1) is 11.3. The van der Waals surface area contributed by atoms with E-state index in [9.17, 15) is 22.8 Å². The first-order valence-corrected chi connectivity index (χ1v) is 7.39. The molecule has 0 unspecified atom stereocenters. The fraction of sp³-hybridized carbons (Fsp3) is 0.111. The van der Waals surface area contributed by atoms with Crippen LogP contribution in [-0.4, -0.2) is 11.6 Å². The summed E-state index contributed by atoms with van der Waals surface area (Å²) in [6.45, 7) is 0. The van der Waals surface area contributed by atoms with Gasteiger partial charge in [0.05, 0.1) is 10.6 Å². The van der Waals surface area contributed by atoms with Crippen LogP contribution in [0.4, 0.5) is 13.2 Å². The Hall–Kier alpha value is -2.40. The van der Waals surface area contributed by atoms with Crippen LogP contribution in [0.15, 0.2) is 54.1 Å². The van der Waals surface area contributed by atoms with Gasteiger partial charge in [0.25, 0.3) is 0 Å². The predicted molar refractivity (Wildman–Crippen MR) is 83.3 cm³/mol. The number of hydrogen-bond acceptors (Lipinski definition) is 2. The highest BCUT2D eigenvalue weighted by atomic mass is 35.5. The Morgan fingerprint density at radius 1 is 0.958 bits per heavy atom. The molecule has 0 N–H and O–H groups in total. The van der Waals surface area contributed by atoms with Crippen molar-refractivity contribution < 1.29 is 22.8 Å². The lowest BCUT2D eigenvalue weighted by Gasteiger charge is -2.16. The lowest BCUT2D eigenvalue weighted by Crippen LogP contribution is -2.18. The van der Waals surface area contributed by atoms with E-state index in [0.717, 1.165) is 12.1 Å². The lowest BCUT2D eigenvalue weighted by molar-refractivity contribution is -0.137. The minimum atomic E-state index is -4.58. The molecule has 0 bridgehead atoms. The second-order valence-corrected chi connectivity index (χ2v) is 5.80. The summed E-state index contributed by atoms with van der Waals surface area (Å²) in [4.78, 5) is 24.5. The van der Waals surface area contributed by atoms with E-state index in [-0.39, 0.29) is 34.7 Å². The Labute approximate surface area is 140 Å². The molecule has 0 saturated heterocycles. The van der Waals surface area contributed by atoms with Crippen molar-refractivity contribution in [3.63, 3.8) is 0 Å². The second kappa shape index (κ2) is 5.91. The van der Waals surface area contributed by atoms with Gasteiger partial charge in [-0.05, 0) is 23.8 Å². The van der Waals surface area contributed by atoms with Crippen LogP contribution in [-0.2, 0) is 12.6 Å².